The van der Waals surface area contributed by atoms with Gasteiger partial charge in [0.2, 0.25) is 65.0 Å². The van der Waals surface area contributed by atoms with Crippen LogP contribution in [-0.4, -0.2) is 211 Å². The standard InChI is InChI=1S/C72H92ClN19O17/c1-38(2)29-50(64(101)86-48(16-9-26-80-72(75)76)70(107)92-28-10-17-55(92)69(106)82-35-56(74)95)87-63(100)47(15-7-8-25-78-57(96)24-27-79-60-59(73)61(98)44-12-3-4-13-45(44)62(60)99)85-65(102)51(30-39-18-20-42(94)21-19-39)88-68(105)54(36-93)90-66(103)52(31-40-33-81-46-14-6-5-11-43(40)46)89-67(104)53(32-41-34-77-37-83-41)91-109-71(108)49-22-23-58(97)84-49/h3-6,11-14,18-21,27,33-34,37-38,47-55,81,91,93-94,98-99H,7-10,15-17,22-26,28-32,35-36H2,1-2H3,(H2,74,95)(H,77,83)(H,78,96)(H,82,106)(H,84,97)(H,85,102)(H,86,101)(H,87,100)(H,88,105)(H,89,104)(H,90,103)(H4,75,76,80)/t47-,48-,49?,50-,51-,52-,53-,54-,55-/m0/s1. The summed E-state index contributed by atoms with van der Waals surface area (Å²) in [6.07, 6.45) is 5.39. The zero-order valence-electron chi connectivity index (χ0n) is 59.9. The van der Waals surface area contributed by atoms with Crippen LogP contribution in [0.1, 0.15) is 101 Å². The maximum Gasteiger partial charge on any atom is 0.347 e. The number of amides is 11. The van der Waals surface area contributed by atoms with Crippen LogP contribution in [0.15, 0.2) is 96.5 Å². The number of aliphatic hydroxyl groups excluding tert-OH is 1. The first-order valence-electron chi connectivity index (χ1n) is 35.5. The highest BCUT2D eigenvalue weighted by Gasteiger charge is 2.40. The Morgan fingerprint density at radius 1 is 0.697 bits per heavy atom. The largest absolute Gasteiger partial charge is 0.508 e. The average molecular weight is 1530 g/mol. The van der Waals surface area contributed by atoms with Gasteiger partial charge in [-0.2, -0.15) is 0 Å². The van der Waals surface area contributed by atoms with Gasteiger partial charge in [-0.05, 0) is 93.0 Å². The van der Waals surface area contributed by atoms with Crippen LogP contribution >= 0.6 is 11.6 Å². The van der Waals surface area contributed by atoms with E-state index >= 15 is 9.59 Å². The first-order valence-corrected chi connectivity index (χ1v) is 35.9. The maximum atomic E-state index is 15.1. The Hall–Kier alpha value is -11.9. The number of halogens is 1. The Kier molecular flexibility index (Phi) is 30.5. The van der Waals surface area contributed by atoms with Crippen molar-refractivity contribution in [1.29, 1.82) is 5.41 Å². The van der Waals surface area contributed by atoms with Gasteiger partial charge >= 0.3 is 5.97 Å². The molecule has 2 aromatic heterocycles. The predicted molar refractivity (Wildman–Crippen MR) is 396 cm³/mol. The van der Waals surface area contributed by atoms with Crippen molar-refractivity contribution in [1.82, 2.24) is 78.5 Å². The van der Waals surface area contributed by atoms with E-state index in [2.05, 4.69) is 78.6 Å². The summed E-state index contributed by atoms with van der Waals surface area (Å²) in [7, 11) is 0. The lowest BCUT2D eigenvalue weighted by atomic mass is 10.00. The third kappa shape index (κ3) is 24.0. The molecule has 37 heteroatoms. The highest BCUT2D eigenvalue weighted by molar-refractivity contribution is 6.36. The molecule has 2 aliphatic rings. The van der Waals surface area contributed by atoms with E-state index in [1.165, 1.54) is 47.9 Å². The molecule has 22 N–H and O–H groups in total. The number of H-pyrrole nitrogens is 2. The zero-order valence-corrected chi connectivity index (χ0v) is 60.7. The molecule has 1 unspecified atom stereocenters. The smallest absolute Gasteiger partial charge is 0.347 e. The van der Waals surface area contributed by atoms with Crippen LogP contribution in [0.3, 0.4) is 0 Å². The summed E-state index contributed by atoms with van der Waals surface area (Å²) < 4.78 is 0. The molecule has 36 nitrogen and oxygen atoms in total. The number of aromatic nitrogens is 3. The molecule has 8 rings (SSSR count). The van der Waals surface area contributed by atoms with Gasteiger partial charge in [0.25, 0.3) is 0 Å². The number of phenols is 3. The number of guanidine groups is 1. The number of hydrogen-bond donors (Lipinski definition) is 20. The topological polar surface area (TPSA) is 563 Å². The summed E-state index contributed by atoms with van der Waals surface area (Å²) in [4.78, 5) is 187. The van der Waals surface area contributed by atoms with Crippen LogP contribution < -0.4 is 70.1 Å². The summed E-state index contributed by atoms with van der Waals surface area (Å²) in [5.74, 6) is -11.3. The van der Waals surface area contributed by atoms with Gasteiger partial charge in [0.05, 0.1) is 25.9 Å². The number of nitrogens with two attached hydrogens (primary N) is 2. The Morgan fingerprint density at radius 3 is 1.96 bits per heavy atom. The molecule has 0 spiro atoms. The summed E-state index contributed by atoms with van der Waals surface area (Å²) in [6, 6.07) is 6.13. The number of benzene rings is 4. The monoisotopic (exact) mass is 1530 g/mol. The van der Waals surface area contributed by atoms with Gasteiger partial charge in [-0.1, -0.05) is 80.0 Å². The summed E-state index contributed by atoms with van der Waals surface area (Å²) >= 11 is 6.36. The van der Waals surface area contributed by atoms with E-state index in [1.807, 2.05) is 0 Å². The number of imidazole rings is 1. The van der Waals surface area contributed by atoms with Crippen molar-refractivity contribution in [3.63, 3.8) is 0 Å². The number of unbranched alkanes of at least 4 members (excludes halogenated alkanes) is 1. The minimum Gasteiger partial charge on any atom is -0.508 e. The Balaban J connectivity index is 1.04. The number of rotatable bonds is 40. The van der Waals surface area contributed by atoms with E-state index in [0.717, 1.165) is 0 Å². The fourth-order valence-electron chi connectivity index (χ4n) is 12.5. The van der Waals surface area contributed by atoms with Crippen molar-refractivity contribution in [2.45, 2.75) is 158 Å². The number of carbonyl (C=O) groups is 12. The van der Waals surface area contributed by atoms with E-state index in [0.29, 0.717) is 34.1 Å². The van der Waals surface area contributed by atoms with Crippen LogP contribution in [0.5, 0.6) is 17.2 Å². The second-order valence-corrected chi connectivity index (χ2v) is 27.1. The van der Waals surface area contributed by atoms with E-state index < -0.39 is 133 Å². The van der Waals surface area contributed by atoms with Crippen molar-refractivity contribution in [3.05, 3.63) is 113 Å². The molecule has 0 radical (unpaired) electrons. The fraction of sp³-hybridized carbons (Fsp3) is 0.431. The van der Waals surface area contributed by atoms with Gasteiger partial charge in [0.15, 0.2) is 11.7 Å². The van der Waals surface area contributed by atoms with Gasteiger partial charge in [0.1, 0.15) is 76.6 Å². The number of aliphatic hydroxyl groups is 1. The summed E-state index contributed by atoms with van der Waals surface area (Å²) in [5, 5.41) is 77.7. The molecular formula is C72H92ClN19O17. The Bertz CT molecular complexity index is 4290. The highest BCUT2D eigenvalue weighted by Crippen LogP contribution is 2.47. The number of nitrogens with zero attached hydrogens (tertiary/aromatic N) is 3. The third-order valence-electron chi connectivity index (χ3n) is 18.1. The molecule has 4 heterocycles. The Morgan fingerprint density at radius 2 is 1.30 bits per heavy atom. The maximum absolute atomic E-state index is 15.1. The number of hydroxylamine groups is 1. The first kappa shape index (κ1) is 82.7. The van der Waals surface area contributed by atoms with Gasteiger partial charge in [-0.3, -0.25) is 63.1 Å². The van der Waals surface area contributed by atoms with Gasteiger partial charge in [-0.15, -0.1) is 5.48 Å². The fourth-order valence-corrected chi connectivity index (χ4v) is 12.7. The van der Waals surface area contributed by atoms with E-state index in [-0.39, 0.29) is 160 Å². The van der Waals surface area contributed by atoms with Crippen molar-refractivity contribution >= 4 is 122 Å². The van der Waals surface area contributed by atoms with Crippen LogP contribution in [0, 0.1) is 11.3 Å². The molecule has 0 bridgehead atoms. The number of aromatic amines is 2. The number of carbonyl (C=O) groups excluding carboxylic acids is 12. The van der Waals surface area contributed by atoms with E-state index in [1.54, 1.807) is 68.6 Å². The number of likely N-dealkylation sites (tertiary alicyclic amines) is 1. The molecule has 9 atom stereocenters. The Labute approximate surface area is 630 Å². The number of fused-ring (bicyclic) bond motifs is 2. The molecule has 0 saturated carbocycles. The number of nitrogens with one attached hydrogen (secondary N) is 14. The van der Waals surface area contributed by atoms with Gasteiger partial charge < -0.3 is 105 Å². The van der Waals surface area contributed by atoms with Gasteiger partial charge in [0, 0.05) is 91.3 Å². The zero-order chi connectivity index (χ0) is 78.8. The predicted octanol–water partition coefficient (Wildman–Crippen LogP) is -0.581. The molecule has 4 aromatic carbocycles. The number of aliphatic imine (C=N–C) groups is 1. The summed E-state index contributed by atoms with van der Waals surface area (Å²) in [5.41, 5.74) is 15.0. The number of hydrogen-bond acceptors (Lipinski definition) is 21. The van der Waals surface area contributed by atoms with Crippen LogP contribution in [0.25, 0.3) is 21.7 Å². The molecule has 2 saturated heterocycles. The van der Waals surface area contributed by atoms with Crippen LogP contribution in [0.2, 0.25) is 5.02 Å². The molecule has 109 heavy (non-hydrogen) atoms. The minimum absolute atomic E-state index is 0.00130. The lowest BCUT2D eigenvalue weighted by Crippen LogP contribution is -2.61. The molecule has 11 amide bonds. The second-order valence-electron chi connectivity index (χ2n) is 26.8. The number of aromatic hydroxyl groups is 3. The van der Waals surface area contributed by atoms with Gasteiger partial charge in [-0.25, -0.2) is 9.78 Å². The highest BCUT2D eigenvalue weighted by atomic mass is 35.5. The van der Waals surface area contributed by atoms with Crippen LogP contribution in [0.4, 0.5) is 5.69 Å². The number of phenolic OH excluding ortho intramolecular Hbond substituents is 3. The molecule has 2 fully saturated rings. The summed E-state index contributed by atoms with van der Waals surface area (Å²) in [6.45, 7) is 2.13. The molecular weight excluding hydrogens is 1440 g/mol. The van der Waals surface area contributed by atoms with Crippen molar-refractivity contribution in [2.24, 2.45) is 22.4 Å². The SMILES string of the molecule is CC(C)C[C@H](NC(=O)[C@H](CCCCNC(=O)CC=Nc1c(Cl)c(O)c2ccccc2c1O)NC(=O)[C@H](Cc1ccc(O)cc1)NC(=O)[C@H](CO)NC(=O)[C@H](Cc1c[nH]c2ccccc12)NC(=O)[C@H](Cc1cnc[nH]1)NOC(=O)C1CCC(=O)N1)C(=O)N[C@@H](CCCNC(=N)N)C(=O)N1CCC[C@H]1C(=O)NCC(N)=O. The van der Waals surface area contributed by atoms with E-state index in [4.69, 9.17) is 33.3 Å². The molecule has 584 valence electrons. The lowest BCUT2D eigenvalue weighted by molar-refractivity contribution is -0.157. The van der Waals surface area contributed by atoms with Crippen molar-refractivity contribution in [2.75, 3.05) is 32.8 Å². The minimum atomic E-state index is -1.86. The average Bonchev–Trinajstić information content (AvgIpc) is 0.918. The quantitative estimate of drug-likeness (QED) is 0.00752. The molecule has 0 aliphatic carbocycles. The first-order chi connectivity index (χ1) is 52.2. The lowest BCUT2D eigenvalue weighted by Gasteiger charge is -2.30. The third-order valence-corrected chi connectivity index (χ3v) is 18.5. The number of primary amides is 1. The second kappa shape index (κ2) is 40.2. The van der Waals surface area contributed by atoms with Crippen LogP contribution in [-0.2, 0) is 81.6 Å². The van der Waals surface area contributed by atoms with E-state index in [9.17, 15) is 68.4 Å². The van der Waals surface area contributed by atoms with Crippen molar-refractivity contribution in [3.8, 4) is 17.2 Å². The molecule has 6 aromatic rings. The number of para-hydroxylation sites is 1. The molecule has 2 aliphatic heterocycles. The normalized spacial score (nSPS) is 16.0. The van der Waals surface area contributed by atoms with Crippen molar-refractivity contribution < 1.29 is 82.8 Å².